The van der Waals surface area contributed by atoms with Gasteiger partial charge in [0, 0.05) is 50.4 Å². The first-order chi connectivity index (χ1) is 26.2. The first-order valence-corrected chi connectivity index (χ1v) is 19.6. The number of rotatable bonds is 13. The number of fused-ring (bicyclic) bond motifs is 4. The van der Waals surface area contributed by atoms with Crippen molar-refractivity contribution >= 4 is 17.9 Å². The van der Waals surface area contributed by atoms with Crippen molar-refractivity contribution in [2.75, 3.05) is 33.5 Å². The number of hydrogen-bond acceptors (Lipinski definition) is 14. The lowest BCUT2D eigenvalue weighted by Gasteiger charge is -2.51. The van der Waals surface area contributed by atoms with Gasteiger partial charge in [0.25, 0.3) is 0 Å². The van der Waals surface area contributed by atoms with Crippen LogP contribution in [0.4, 0.5) is 0 Å². The van der Waals surface area contributed by atoms with Crippen LogP contribution in [0.3, 0.4) is 0 Å². The maximum Gasteiger partial charge on any atom is 0.330 e. The summed E-state index contributed by atoms with van der Waals surface area (Å²) in [6.45, 7) is 13.2. The van der Waals surface area contributed by atoms with Crippen LogP contribution in [0.2, 0.25) is 0 Å². The third-order valence-electron chi connectivity index (χ3n) is 9.97. The molecule has 4 bridgehead atoms. The van der Waals surface area contributed by atoms with Crippen LogP contribution < -0.4 is 0 Å². The summed E-state index contributed by atoms with van der Waals surface area (Å²) in [6, 6.07) is 0. The highest BCUT2D eigenvalue weighted by molar-refractivity contribution is 5.83. The van der Waals surface area contributed by atoms with Crippen LogP contribution in [0, 0.1) is 5.41 Å². The lowest BCUT2D eigenvalue weighted by molar-refractivity contribution is -0.327. The zero-order chi connectivity index (χ0) is 40.4. The van der Waals surface area contributed by atoms with Crippen LogP contribution in [0.1, 0.15) is 104 Å². The predicted molar refractivity (Wildman–Crippen MR) is 201 cm³/mol. The van der Waals surface area contributed by atoms with Crippen molar-refractivity contribution in [3.63, 3.8) is 0 Å². The van der Waals surface area contributed by atoms with Gasteiger partial charge in [-0.05, 0) is 37.3 Å². The van der Waals surface area contributed by atoms with Crippen LogP contribution in [0.5, 0.6) is 0 Å². The zero-order valence-corrected chi connectivity index (χ0v) is 33.1. The van der Waals surface area contributed by atoms with E-state index in [9.17, 15) is 29.7 Å². The fourth-order valence-electron chi connectivity index (χ4n) is 6.86. The number of carbonyl (C=O) groups excluding carboxylic acids is 3. The zero-order valence-electron chi connectivity index (χ0n) is 33.1. The largest absolute Gasteiger partial charge is 0.493 e. The minimum Gasteiger partial charge on any atom is -0.493 e. The van der Waals surface area contributed by atoms with Crippen LogP contribution in [-0.4, -0.2) is 115 Å². The molecule has 3 N–H and O–H groups in total. The van der Waals surface area contributed by atoms with Gasteiger partial charge in [-0.2, -0.15) is 0 Å². The Morgan fingerprint density at radius 1 is 1.00 bits per heavy atom. The summed E-state index contributed by atoms with van der Waals surface area (Å²) in [5.41, 5.74) is -1.11. The van der Waals surface area contributed by atoms with E-state index in [1.54, 1.807) is 26.0 Å². The Balaban J connectivity index is 2.04. The topological polar surface area (TPSA) is 186 Å². The van der Waals surface area contributed by atoms with Gasteiger partial charge in [-0.25, -0.2) is 4.79 Å². The van der Waals surface area contributed by atoms with Gasteiger partial charge in [0.2, 0.25) is 5.79 Å². The van der Waals surface area contributed by atoms with E-state index in [0.29, 0.717) is 32.3 Å². The van der Waals surface area contributed by atoms with Crippen molar-refractivity contribution in [1.29, 1.82) is 0 Å². The number of hydrogen-bond donors (Lipinski definition) is 3. The third kappa shape index (κ3) is 15.1. The summed E-state index contributed by atoms with van der Waals surface area (Å²) in [5.74, 6) is -3.79. The first kappa shape index (κ1) is 46.3. The minimum atomic E-state index is -2.28. The van der Waals surface area contributed by atoms with Crippen LogP contribution in [0.25, 0.3) is 0 Å². The number of unbranched alkanes of at least 4 members (excludes halogenated alkanes) is 4. The minimum absolute atomic E-state index is 0.0259. The molecule has 0 aromatic rings. The lowest BCUT2D eigenvalue weighted by Crippen LogP contribution is -2.62. The molecule has 14 nitrogen and oxygen atoms in total. The van der Waals surface area contributed by atoms with E-state index < -0.39 is 72.5 Å². The summed E-state index contributed by atoms with van der Waals surface area (Å²) in [7, 11) is 1.22. The van der Waals surface area contributed by atoms with E-state index in [-0.39, 0.29) is 62.8 Å². The van der Waals surface area contributed by atoms with E-state index in [4.69, 9.17) is 37.9 Å². The number of aliphatic hydroxyl groups is 3. The van der Waals surface area contributed by atoms with E-state index in [1.807, 2.05) is 0 Å². The quantitative estimate of drug-likeness (QED) is 0.0755. The standard InChI is InChI=1S/C41H64O14/c1-7-9-10-11-12-13-35(44)54-39-29(23-36(45)48-6)22-33-25-34(27-42)51-28(3)21-30(43)15-19-49-20-16-31-24-32(26-37(46)50-18-8-2)53-38(52-31)14-17-40(4,5)41(39,47)55-33/h8,14,17,23,30-34,38-39,42-43,47H,2-3,7,9-13,15-16,18-22,24-27H2,1,4-6H3/b17-14+,29-23+/t30-,31?,32-,33+,34-,38-,39+,41-/m1/s1. The van der Waals surface area contributed by atoms with Gasteiger partial charge < -0.3 is 53.2 Å². The number of aliphatic hydroxyl groups excluding tert-OH is 2. The van der Waals surface area contributed by atoms with Gasteiger partial charge in [0.15, 0.2) is 12.4 Å². The van der Waals surface area contributed by atoms with Crippen LogP contribution >= 0.6 is 0 Å². The molecule has 0 amide bonds. The second-order valence-electron chi connectivity index (χ2n) is 15.0. The Labute approximate surface area is 325 Å². The molecule has 55 heavy (non-hydrogen) atoms. The molecule has 3 aliphatic rings. The first-order valence-electron chi connectivity index (χ1n) is 19.6. The molecule has 2 saturated heterocycles. The smallest absolute Gasteiger partial charge is 0.330 e. The van der Waals surface area contributed by atoms with Crippen molar-refractivity contribution in [2.24, 2.45) is 5.41 Å². The molecule has 3 heterocycles. The average molecular weight is 781 g/mol. The van der Waals surface area contributed by atoms with Gasteiger partial charge >= 0.3 is 17.9 Å². The summed E-state index contributed by atoms with van der Waals surface area (Å²) >= 11 is 0. The second kappa shape index (κ2) is 23.2. The highest BCUT2D eigenvalue weighted by Crippen LogP contribution is 2.47. The molecule has 0 radical (unpaired) electrons. The molecule has 0 saturated carbocycles. The van der Waals surface area contributed by atoms with Gasteiger partial charge in [0.05, 0.1) is 50.3 Å². The van der Waals surface area contributed by atoms with Crippen molar-refractivity contribution in [3.8, 4) is 0 Å². The molecular weight excluding hydrogens is 716 g/mol. The molecule has 14 heteroatoms. The maximum atomic E-state index is 13.4. The number of esters is 3. The SMILES string of the molecule is C=CCOC(=O)C[C@H]1CC2CCOCC[C@@H](O)CC(=C)O[C@@H](CO)C[C@@H]3C/C(=C\C(=O)OC)[C@H](OC(=O)CCCCCCC)[C@@](O)(O3)C(C)(C)/C=C/[C@H](O2)O1. The number of methoxy groups -OCH3 is 1. The predicted octanol–water partition coefficient (Wildman–Crippen LogP) is 4.88. The Kier molecular flexibility index (Phi) is 19.5. The van der Waals surface area contributed by atoms with Gasteiger partial charge in [-0.3, -0.25) is 9.59 Å². The van der Waals surface area contributed by atoms with E-state index in [0.717, 1.165) is 25.7 Å². The van der Waals surface area contributed by atoms with Crippen molar-refractivity contribution in [3.05, 3.63) is 48.8 Å². The molecule has 2 fully saturated rings. The Hall–Kier alpha value is -3.11. The van der Waals surface area contributed by atoms with Gasteiger partial charge in [-0.15, -0.1) is 0 Å². The summed E-state index contributed by atoms with van der Waals surface area (Å²) in [6.07, 6.45) is 5.92. The van der Waals surface area contributed by atoms with Crippen molar-refractivity contribution in [1.82, 2.24) is 0 Å². The Morgan fingerprint density at radius 2 is 1.73 bits per heavy atom. The van der Waals surface area contributed by atoms with Crippen LogP contribution in [-0.2, 0) is 52.3 Å². The number of ether oxygens (including phenoxy) is 8. The molecule has 1 unspecified atom stereocenters. The fourth-order valence-corrected chi connectivity index (χ4v) is 6.86. The molecule has 3 aliphatic heterocycles. The molecule has 0 aliphatic carbocycles. The molecule has 3 rings (SSSR count). The average Bonchev–Trinajstić information content (AvgIpc) is 3.13. The number of carbonyl (C=O) groups is 3. The molecular formula is C41H64O14. The highest BCUT2D eigenvalue weighted by Gasteiger charge is 2.57. The Bertz CT molecular complexity index is 1310. The summed E-state index contributed by atoms with van der Waals surface area (Å²) in [5, 5.41) is 33.7. The van der Waals surface area contributed by atoms with E-state index >= 15 is 0 Å². The normalized spacial score (nSPS) is 32.0. The maximum absolute atomic E-state index is 13.4. The molecule has 0 aromatic heterocycles. The summed E-state index contributed by atoms with van der Waals surface area (Å²) in [4.78, 5) is 38.7. The van der Waals surface area contributed by atoms with Crippen molar-refractivity contribution in [2.45, 2.75) is 153 Å². The summed E-state index contributed by atoms with van der Waals surface area (Å²) < 4.78 is 46.9. The fraction of sp³-hybridized carbons (Fsp3) is 0.732. The van der Waals surface area contributed by atoms with Crippen LogP contribution in [0.15, 0.2) is 48.8 Å². The molecule has 8 atom stereocenters. The molecule has 0 spiro atoms. The van der Waals surface area contributed by atoms with E-state index in [2.05, 4.69) is 20.1 Å². The van der Waals surface area contributed by atoms with Gasteiger partial charge in [0.1, 0.15) is 12.7 Å². The third-order valence-corrected chi connectivity index (χ3v) is 9.97. The van der Waals surface area contributed by atoms with E-state index in [1.165, 1.54) is 19.3 Å². The van der Waals surface area contributed by atoms with Gasteiger partial charge in [-0.1, -0.05) is 71.8 Å². The van der Waals surface area contributed by atoms with Crippen molar-refractivity contribution < 1.29 is 67.6 Å². The Morgan fingerprint density at radius 3 is 2.44 bits per heavy atom. The molecule has 312 valence electrons. The highest BCUT2D eigenvalue weighted by atomic mass is 16.7. The second-order valence-corrected chi connectivity index (χ2v) is 15.0. The monoisotopic (exact) mass is 780 g/mol. The molecule has 0 aromatic carbocycles. The lowest BCUT2D eigenvalue weighted by atomic mass is 9.74.